The molecule has 3 aromatic rings. The quantitative estimate of drug-likeness (QED) is 0.554. The molecule has 0 fully saturated rings. The number of rotatable bonds is 4. The molecule has 1 atom stereocenters. The number of nitrogens with one attached hydrogen (secondary N) is 2. The molecular weight excluding hydrogens is 438 g/mol. The van der Waals surface area contributed by atoms with E-state index >= 15 is 0 Å². The SMILES string of the molecule is COc1cc([C@H]2C(C(=O)Nc3ccccc3)=C(C)Nc3ncnn32)cc(Br)c1O. The third kappa shape index (κ3) is 3.44. The molecule has 0 aliphatic carbocycles. The van der Waals surface area contributed by atoms with Crippen LogP contribution in [0.1, 0.15) is 18.5 Å². The molecular formula is C20H18BrN5O3. The number of methoxy groups -OCH3 is 1. The minimum Gasteiger partial charge on any atom is -0.503 e. The van der Waals surface area contributed by atoms with Gasteiger partial charge >= 0.3 is 0 Å². The van der Waals surface area contributed by atoms with Crippen LogP contribution in [0.15, 0.2) is 64.5 Å². The summed E-state index contributed by atoms with van der Waals surface area (Å²) in [4.78, 5) is 17.5. The fraction of sp³-hybridized carbons (Fsp3) is 0.150. The number of hydrogen-bond acceptors (Lipinski definition) is 6. The van der Waals surface area contributed by atoms with Crippen LogP contribution in [0.2, 0.25) is 0 Å². The lowest BCUT2D eigenvalue weighted by Gasteiger charge is -2.29. The van der Waals surface area contributed by atoms with Crippen LogP contribution in [0, 0.1) is 0 Å². The number of carbonyl (C=O) groups is 1. The van der Waals surface area contributed by atoms with Crippen molar-refractivity contribution in [3.63, 3.8) is 0 Å². The Morgan fingerprint density at radius 2 is 2.07 bits per heavy atom. The number of phenolic OH excluding ortho intramolecular Hbond substituents is 1. The second-order valence-electron chi connectivity index (χ2n) is 6.47. The predicted octanol–water partition coefficient (Wildman–Crippen LogP) is 3.68. The Balaban J connectivity index is 1.83. The van der Waals surface area contributed by atoms with E-state index in [-0.39, 0.29) is 17.4 Å². The molecule has 1 amide bonds. The largest absolute Gasteiger partial charge is 0.503 e. The molecule has 8 nitrogen and oxygen atoms in total. The number of benzene rings is 2. The van der Waals surface area contributed by atoms with Gasteiger partial charge in [0.1, 0.15) is 12.4 Å². The van der Waals surface area contributed by atoms with Crippen molar-refractivity contribution in [2.45, 2.75) is 13.0 Å². The maximum atomic E-state index is 13.2. The molecule has 9 heteroatoms. The van der Waals surface area contributed by atoms with Crippen LogP contribution >= 0.6 is 15.9 Å². The van der Waals surface area contributed by atoms with Crippen molar-refractivity contribution < 1.29 is 14.6 Å². The molecule has 0 saturated carbocycles. The van der Waals surface area contributed by atoms with E-state index < -0.39 is 6.04 Å². The Morgan fingerprint density at radius 3 is 2.79 bits per heavy atom. The number of halogens is 1. The standard InChI is InChI=1S/C20H18BrN5O3/c1-11-16(19(28)25-13-6-4-3-5-7-13)17(26-20(24-11)22-10-23-26)12-8-14(21)18(27)15(9-12)29-2/h3-10,17,27H,1-2H3,(H,25,28)(H,22,23,24)/t17-/m0/s1. The van der Waals surface area contributed by atoms with E-state index in [1.165, 1.54) is 13.4 Å². The molecule has 1 aliphatic rings. The van der Waals surface area contributed by atoms with Crippen molar-refractivity contribution in [3.8, 4) is 11.5 Å². The van der Waals surface area contributed by atoms with E-state index in [1.54, 1.807) is 16.8 Å². The number of carbonyl (C=O) groups excluding carboxylic acids is 1. The van der Waals surface area contributed by atoms with Crippen LogP contribution in [0.4, 0.5) is 11.6 Å². The zero-order valence-electron chi connectivity index (χ0n) is 15.7. The van der Waals surface area contributed by atoms with Crippen molar-refractivity contribution >= 4 is 33.5 Å². The third-order valence-electron chi connectivity index (χ3n) is 4.66. The Hall–Kier alpha value is -3.33. The van der Waals surface area contributed by atoms with Crippen molar-refractivity contribution in [1.29, 1.82) is 0 Å². The number of fused-ring (bicyclic) bond motifs is 1. The molecule has 0 radical (unpaired) electrons. The van der Waals surface area contributed by atoms with E-state index in [0.29, 0.717) is 32.9 Å². The first-order valence-electron chi connectivity index (χ1n) is 8.79. The van der Waals surface area contributed by atoms with Gasteiger partial charge < -0.3 is 20.5 Å². The number of allylic oxidation sites excluding steroid dienone is 1. The van der Waals surface area contributed by atoms with Crippen LogP contribution in [0.5, 0.6) is 11.5 Å². The van der Waals surface area contributed by atoms with Gasteiger partial charge in [-0.3, -0.25) is 4.79 Å². The minimum atomic E-state index is -0.566. The van der Waals surface area contributed by atoms with Crippen LogP contribution < -0.4 is 15.4 Å². The van der Waals surface area contributed by atoms with Crippen LogP contribution in [-0.2, 0) is 4.79 Å². The molecule has 3 N–H and O–H groups in total. The van der Waals surface area contributed by atoms with Gasteiger partial charge in [-0.2, -0.15) is 10.1 Å². The number of aromatic hydroxyl groups is 1. The fourth-order valence-corrected chi connectivity index (χ4v) is 3.78. The molecule has 2 heterocycles. The van der Waals surface area contributed by atoms with Gasteiger partial charge in [0.2, 0.25) is 5.95 Å². The molecule has 1 aliphatic heterocycles. The van der Waals surface area contributed by atoms with Gasteiger partial charge in [-0.25, -0.2) is 4.68 Å². The summed E-state index contributed by atoms with van der Waals surface area (Å²) in [5, 5.41) is 20.5. The summed E-state index contributed by atoms with van der Waals surface area (Å²) in [6, 6.07) is 12.1. The number of ether oxygens (including phenoxy) is 1. The lowest BCUT2D eigenvalue weighted by molar-refractivity contribution is -0.113. The summed E-state index contributed by atoms with van der Waals surface area (Å²) in [5.74, 6) is 0.525. The highest BCUT2D eigenvalue weighted by Gasteiger charge is 2.34. The van der Waals surface area contributed by atoms with Gasteiger partial charge in [-0.15, -0.1) is 0 Å². The van der Waals surface area contributed by atoms with E-state index in [9.17, 15) is 9.90 Å². The molecule has 29 heavy (non-hydrogen) atoms. The monoisotopic (exact) mass is 455 g/mol. The molecule has 148 valence electrons. The lowest BCUT2D eigenvalue weighted by Crippen LogP contribution is -2.31. The van der Waals surface area contributed by atoms with Crippen molar-refractivity contribution in [1.82, 2.24) is 14.8 Å². The Bertz CT molecular complexity index is 1110. The number of nitrogens with zero attached hydrogens (tertiary/aromatic N) is 3. The maximum absolute atomic E-state index is 13.2. The van der Waals surface area contributed by atoms with Crippen molar-refractivity contribution in [3.05, 3.63) is 70.1 Å². The minimum absolute atomic E-state index is 0.0139. The highest BCUT2D eigenvalue weighted by atomic mass is 79.9. The smallest absolute Gasteiger partial charge is 0.255 e. The Labute approximate surface area is 175 Å². The highest BCUT2D eigenvalue weighted by molar-refractivity contribution is 9.10. The summed E-state index contributed by atoms with van der Waals surface area (Å²) in [6.45, 7) is 1.82. The molecule has 0 spiro atoms. The molecule has 0 bridgehead atoms. The topological polar surface area (TPSA) is 101 Å². The number of phenols is 1. The second kappa shape index (κ2) is 7.59. The second-order valence-corrected chi connectivity index (χ2v) is 7.32. The van der Waals surface area contributed by atoms with E-state index in [4.69, 9.17) is 4.74 Å². The summed E-state index contributed by atoms with van der Waals surface area (Å²) in [6.07, 6.45) is 1.42. The number of hydrogen-bond donors (Lipinski definition) is 3. The number of amides is 1. The fourth-order valence-electron chi connectivity index (χ4n) is 3.32. The lowest BCUT2D eigenvalue weighted by atomic mass is 9.94. The van der Waals surface area contributed by atoms with Crippen molar-refractivity contribution in [2.24, 2.45) is 0 Å². The van der Waals surface area contributed by atoms with Gasteiger partial charge in [0.15, 0.2) is 11.5 Å². The molecule has 0 unspecified atom stereocenters. The van der Waals surface area contributed by atoms with Gasteiger partial charge in [0.05, 0.1) is 17.2 Å². The van der Waals surface area contributed by atoms with Crippen LogP contribution in [-0.4, -0.2) is 32.9 Å². The first kappa shape index (κ1) is 19.0. The summed E-state index contributed by atoms with van der Waals surface area (Å²) in [5.41, 5.74) is 2.53. The first-order chi connectivity index (χ1) is 14.0. The van der Waals surface area contributed by atoms with Gasteiger partial charge in [-0.1, -0.05) is 18.2 Å². The zero-order chi connectivity index (χ0) is 20.5. The summed E-state index contributed by atoms with van der Waals surface area (Å²) in [7, 11) is 1.47. The third-order valence-corrected chi connectivity index (χ3v) is 5.26. The summed E-state index contributed by atoms with van der Waals surface area (Å²) < 4.78 is 7.37. The summed E-state index contributed by atoms with van der Waals surface area (Å²) >= 11 is 3.35. The van der Waals surface area contributed by atoms with E-state index in [2.05, 4.69) is 36.6 Å². The highest BCUT2D eigenvalue weighted by Crippen LogP contribution is 2.41. The maximum Gasteiger partial charge on any atom is 0.255 e. The predicted molar refractivity (Wildman–Crippen MR) is 112 cm³/mol. The number of para-hydroxylation sites is 1. The van der Waals surface area contributed by atoms with Crippen LogP contribution in [0.25, 0.3) is 0 Å². The number of anilines is 2. The van der Waals surface area contributed by atoms with Gasteiger partial charge in [-0.05, 0) is 52.7 Å². The van der Waals surface area contributed by atoms with Gasteiger partial charge in [0.25, 0.3) is 5.91 Å². The molecule has 0 saturated heterocycles. The normalized spacial score (nSPS) is 15.5. The first-order valence-corrected chi connectivity index (χ1v) is 9.59. The Kier molecular flexibility index (Phi) is 4.98. The Morgan fingerprint density at radius 1 is 1.31 bits per heavy atom. The average molecular weight is 456 g/mol. The van der Waals surface area contributed by atoms with Crippen LogP contribution in [0.3, 0.4) is 0 Å². The average Bonchev–Trinajstić information content (AvgIpc) is 3.17. The van der Waals surface area contributed by atoms with E-state index in [0.717, 1.165) is 0 Å². The van der Waals surface area contributed by atoms with E-state index in [1.807, 2.05) is 37.3 Å². The molecule has 2 aromatic carbocycles. The molecule has 4 rings (SSSR count). The van der Waals surface area contributed by atoms with Gasteiger partial charge in [0, 0.05) is 11.4 Å². The zero-order valence-corrected chi connectivity index (χ0v) is 17.3. The van der Waals surface area contributed by atoms with Crippen molar-refractivity contribution in [2.75, 3.05) is 17.7 Å². The number of aromatic nitrogens is 3. The molecule has 1 aromatic heterocycles.